The normalized spacial score (nSPS) is 11.8. The number of rotatable bonds is 4. The Bertz CT molecular complexity index is 1060. The smallest absolute Gasteiger partial charge is 0.230 e. The number of hydrogen-bond acceptors (Lipinski definition) is 2. The van der Waals surface area contributed by atoms with Gasteiger partial charge in [-0.3, -0.25) is 4.98 Å². The van der Waals surface area contributed by atoms with Crippen LogP contribution in [-0.4, -0.2) is 15.4 Å². The number of nitrogens with two attached hydrogens (primary N) is 1. The van der Waals surface area contributed by atoms with E-state index in [1.165, 1.54) is 16.6 Å². The molecule has 3 heterocycles. The highest BCUT2D eigenvalue weighted by molar-refractivity contribution is 5.99. The van der Waals surface area contributed by atoms with Crippen LogP contribution in [0.25, 0.3) is 11.0 Å². The summed E-state index contributed by atoms with van der Waals surface area (Å²) >= 11 is 0. The van der Waals surface area contributed by atoms with E-state index < -0.39 is 0 Å². The van der Waals surface area contributed by atoms with Gasteiger partial charge < -0.3 is 10.3 Å². The number of aryl methyl sites for hydroxylation is 1. The number of hydrogen-bond donors (Lipinski definition) is 1. The van der Waals surface area contributed by atoms with Crippen molar-refractivity contribution in [3.8, 4) is 0 Å². The molecule has 0 bridgehead atoms. The molecule has 26 heavy (non-hydrogen) atoms. The fourth-order valence-electron chi connectivity index (χ4n) is 3.03. The standard InChI is InChI=1S/C21H20N5/c1-25-13-2-3-20-19(25)10-14-26(20)15-16-4-6-17(7-5-16)21(22)24-18-8-11-23-12-9-18/h2-14H,15H2,1H3,(H2,22,23,24)/q+1. The molecule has 0 unspecified atom stereocenters. The zero-order valence-corrected chi connectivity index (χ0v) is 14.6. The Balaban J connectivity index is 1.56. The van der Waals surface area contributed by atoms with Crippen LogP contribution in [0.4, 0.5) is 5.69 Å². The van der Waals surface area contributed by atoms with Gasteiger partial charge in [-0.2, -0.15) is 4.57 Å². The third-order valence-electron chi connectivity index (χ3n) is 4.44. The molecular formula is C21H20N5+. The Labute approximate surface area is 152 Å². The predicted octanol–water partition coefficient (Wildman–Crippen LogP) is 2.95. The van der Waals surface area contributed by atoms with Crippen molar-refractivity contribution in [2.24, 2.45) is 17.8 Å². The van der Waals surface area contributed by atoms with E-state index in [0.29, 0.717) is 5.84 Å². The second kappa shape index (κ2) is 6.80. The number of fused-ring (bicyclic) bond motifs is 1. The molecule has 128 valence electrons. The third-order valence-corrected chi connectivity index (χ3v) is 4.44. The molecule has 1 aromatic carbocycles. The van der Waals surface area contributed by atoms with Gasteiger partial charge in [0.05, 0.1) is 5.69 Å². The summed E-state index contributed by atoms with van der Waals surface area (Å²) in [5, 5.41) is 0. The molecule has 0 atom stereocenters. The molecule has 5 nitrogen and oxygen atoms in total. The van der Waals surface area contributed by atoms with Crippen LogP contribution in [0.15, 0.2) is 84.4 Å². The molecule has 0 aliphatic heterocycles. The van der Waals surface area contributed by atoms with Crippen molar-refractivity contribution in [3.05, 3.63) is 90.5 Å². The van der Waals surface area contributed by atoms with Crippen LogP contribution in [0.3, 0.4) is 0 Å². The lowest BCUT2D eigenvalue weighted by Crippen LogP contribution is -2.27. The van der Waals surface area contributed by atoms with Crippen LogP contribution in [0.1, 0.15) is 11.1 Å². The molecule has 0 radical (unpaired) electrons. The van der Waals surface area contributed by atoms with E-state index in [-0.39, 0.29) is 0 Å². The summed E-state index contributed by atoms with van der Waals surface area (Å²) in [5.74, 6) is 0.501. The van der Waals surface area contributed by atoms with Crippen LogP contribution in [0, 0.1) is 0 Å². The quantitative estimate of drug-likeness (QED) is 0.352. The molecule has 0 fully saturated rings. The largest absolute Gasteiger partial charge is 0.383 e. The number of aromatic nitrogens is 3. The van der Waals surface area contributed by atoms with Crippen LogP contribution in [-0.2, 0) is 13.6 Å². The topological polar surface area (TPSA) is 60.1 Å². The van der Waals surface area contributed by atoms with Gasteiger partial charge in [0.25, 0.3) is 0 Å². The third kappa shape index (κ3) is 3.19. The van der Waals surface area contributed by atoms with Gasteiger partial charge in [0.2, 0.25) is 5.52 Å². The van der Waals surface area contributed by atoms with Crippen LogP contribution in [0.2, 0.25) is 0 Å². The molecule has 0 spiro atoms. The summed E-state index contributed by atoms with van der Waals surface area (Å²) in [4.78, 5) is 8.42. The van der Waals surface area contributed by atoms with Gasteiger partial charge in [-0.1, -0.05) is 24.3 Å². The fraction of sp³-hybridized carbons (Fsp3) is 0.0952. The number of amidine groups is 1. The van der Waals surface area contributed by atoms with E-state index >= 15 is 0 Å². The zero-order chi connectivity index (χ0) is 17.9. The molecule has 0 aliphatic rings. The van der Waals surface area contributed by atoms with Crippen molar-refractivity contribution < 1.29 is 4.57 Å². The zero-order valence-electron chi connectivity index (χ0n) is 14.6. The van der Waals surface area contributed by atoms with E-state index in [2.05, 4.69) is 68.9 Å². The molecule has 4 aromatic rings. The lowest BCUT2D eigenvalue weighted by atomic mass is 10.1. The van der Waals surface area contributed by atoms with Crippen molar-refractivity contribution in [2.75, 3.05) is 0 Å². The van der Waals surface area contributed by atoms with E-state index in [1.807, 2.05) is 24.3 Å². The average Bonchev–Trinajstić information content (AvgIpc) is 3.07. The van der Waals surface area contributed by atoms with Crippen LogP contribution >= 0.6 is 0 Å². The minimum absolute atomic E-state index is 0.501. The Kier molecular flexibility index (Phi) is 4.19. The van der Waals surface area contributed by atoms with Crippen molar-refractivity contribution in [3.63, 3.8) is 0 Å². The Morgan fingerprint density at radius 1 is 1.08 bits per heavy atom. The molecule has 0 aliphatic carbocycles. The highest BCUT2D eigenvalue weighted by atomic mass is 15.0. The van der Waals surface area contributed by atoms with E-state index in [1.54, 1.807) is 12.4 Å². The monoisotopic (exact) mass is 342 g/mol. The van der Waals surface area contributed by atoms with E-state index in [0.717, 1.165) is 17.8 Å². The Morgan fingerprint density at radius 3 is 2.62 bits per heavy atom. The molecule has 4 rings (SSSR count). The highest BCUT2D eigenvalue weighted by Crippen LogP contribution is 2.15. The number of nitrogens with zero attached hydrogens (tertiary/aromatic N) is 4. The van der Waals surface area contributed by atoms with Gasteiger partial charge in [-0.15, -0.1) is 0 Å². The summed E-state index contributed by atoms with van der Waals surface area (Å²) in [6, 6.07) is 18.2. The lowest BCUT2D eigenvalue weighted by molar-refractivity contribution is -0.644. The first-order valence-electron chi connectivity index (χ1n) is 8.48. The van der Waals surface area contributed by atoms with Crippen molar-refractivity contribution >= 4 is 22.6 Å². The first kappa shape index (κ1) is 16.0. The van der Waals surface area contributed by atoms with Crippen LogP contribution < -0.4 is 10.3 Å². The lowest BCUT2D eigenvalue weighted by Gasteiger charge is -2.07. The summed E-state index contributed by atoms with van der Waals surface area (Å²) in [6.45, 7) is 0.815. The average molecular weight is 342 g/mol. The minimum atomic E-state index is 0.501. The summed E-state index contributed by atoms with van der Waals surface area (Å²) in [7, 11) is 2.06. The van der Waals surface area contributed by atoms with Crippen molar-refractivity contribution in [2.45, 2.75) is 6.54 Å². The van der Waals surface area contributed by atoms with Crippen LogP contribution in [0.5, 0.6) is 0 Å². The molecule has 0 amide bonds. The number of aliphatic imine (C=N–C) groups is 1. The maximum absolute atomic E-state index is 6.13. The van der Waals surface area contributed by atoms with Gasteiger partial charge >= 0.3 is 0 Å². The first-order valence-corrected chi connectivity index (χ1v) is 8.48. The SMILES string of the molecule is C[n+]1cccc2c1ccn2Cc1ccc(C(N)=Nc2ccncc2)cc1. The molecule has 0 saturated carbocycles. The maximum Gasteiger partial charge on any atom is 0.230 e. The van der Waals surface area contributed by atoms with E-state index in [4.69, 9.17) is 5.73 Å². The number of benzene rings is 1. The summed E-state index contributed by atoms with van der Waals surface area (Å²) < 4.78 is 4.38. The number of pyridine rings is 2. The Hall–Kier alpha value is -3.47. The summed E-state index contributed by atoms with van der Waals surface area (Å²) in [6.07, 6.45) is 7.59. The molecule has 2 N–H and O–H groups in total. The summed E-state index contributed by atoms with van der Waals surface area (Å²) in [5.41, 5.74) is 11.5. The second-order valence-electron chi connectivity index (χ2n) is 6.23. The second-order valence-corrected chi connectivity index (χ2v) is 6.23. The first-order chi connectivity index (χ1) is 12.7. The molecular weight excluding hydrogens is 322 g/mol. The van der Waals surface area contributed by atoms with Crippen molar-refractivity contribution in [1.82, 2.24) is 9.55 Å². The Morgan fingerprint density at radius 2 is 1.85 bits per heavy atom. The van der Waals surface area contributed by atoms with Crippen molar-refractivity contribution in [1.29, 1.82) is 0 Å². The maximum atomic E-state index is 6.13. The van der Waals surface area contributed by atoms with Gasteiger partial charge in [0.15, 0.2) is 6.20 Å². The predicted molar refractivity (Wildman–Crippen MR) is 103 cm³/mol. The van der Waals surface area contributed by atoms with Gasteiger partial charge in [0.1, 0.15) is 18.4 Å². The fourth-order valence-corrected chi connectivity index (χ4v) is 3.03. The van der Waals surface area contributed by atoms with Gasteiger partial charge in [-0.05, 0) is 23.8 Å². The molecule has 0 saturated heterocycles. The van der Waals surface area contributed by atoms with Gasteiger partial charge in [-0.25, -0.2) is 4.99 Å². The molecule has 5 heteroatoms. The van der Waals surface area contributed by atoms with Gasteiger partial charge in [0, 0.05) is 42.8 Å². The van der Waals surface area contributed by atoms with E-state index in [9.17, 15) is 0 Å². The highest BCUT2D eigenvalue weighted by Gasteiger charge is 2.09. The minimum Gasteiger partial charge on any atom is -0.383 e. The molecule has 3 aromatic heterocycles.